The van der Waals surface area contributed by atoms with E-state index in [1.165, 1.54) is 0 Å². The quantitative estimate of drug-likeness (QED) is 0.784. The van der Waals surface area contributed by atoms with Gasteiger partial charge in [0.25, 0.3) is 0 Å². The molecule has 1 rings (SSSR count). The molecule has 1 heterocycles. The molecular formula is C10H19N5O. The fourth-order valence-corrected chi connectivity index (χ4v) is 1.21. The molecule has 90 valence electrons. The lowest BCUT2D eigenvalue weighted by Crippen LogP contribution is -2.46. The Kier molecular flexibility index (Phi) is 3.87. The van der Waals surface area contributed by atoms with Gasteiger partial charge < -0.3 is 15.2 Å². The summed E-state index contributed by atoms with van der Waals surface area (Å²) in [4.78, 5) is 11.4. The maximum Gasteiger partial charge on any atom is 0.315 e. The minimum atomic E-state index is -0.213. The smallest absolute Gasteiger partial charge is 0.315 e. The molecule has 0 fully saturated rings. The summed E-state index contributed by atoms with van der Waals surface area (Å²) in [5, 5.41) is 13.3. The van der Waals surface area contributed by atoms with Crippen LogP contribution in [0.3, 0.4) is 0 Å². The summed E-state index contributed by atoms with van der Waals surface area (Å²) in [7, 11) is 1.88. The van der Waals surface area contributed by atoms with Crippen molar-refractivity contribution in [3.05, 3.63) is 12.2 Å². The molecule has 0 saturated carbocycles. The lowest BCUT2D eigenvalue weighted by molar-refractivity contribution is 0.232. The van der Waals surface area contributed by atoms with Gasteiger partial charge in [0, 0.05) is 25.6 Å². The lowest BCUT2D eigenvalue weighted by Gasteiger charge is -2.20. The molecule has 1 aromatic heterocycles. The molecular weight excluding hydrogens is 206 g/mol. The third-order valence-electron chi connectivity index (χ3n) is 1.93. The topological polar surface area (TPSA) is 71.8 Å². The van der Waals surface area contributed by atoms with Gasteiger partial charge in [0.1, 0.15) is 12.2 Å². The van der Waals surface area contributed by atoms with Crippen molar-refractivity contribution in [2.45, 2.75) is 32.7 Å². The summed E-state index contributed by atoms with van der Waals surface area (Å²) in [6.07, 6.45) is 2.32. The molecule has 0 bridgehead atoms. The van der Waals surface area contributed by atoms with Gasteiger partial charge in [-0.05, 0) is 20.8 Å². The number of aryl methyl sites for hydroxylation is 1. The minimum Gasteiger partial charge on any atom is -0.338 e. The Balaban J connectivity index is 2.26. The van der Waals surface area contributed by atoms with Crippen molar-refractivity contribution in [2.75, 3.05) is 6.54 Å². The minimum absolute atomic E-state index is 0.158. The summed E-state index contributed by atoms with van der Waals surface area (Å²) in [5.41, 5.74) is -0.213. The summed E-state index contributed by atoms with van der Waals surface area (Å²) < 4.78 is 1.84. The second-order valence-electron chi connectivity index (χ2n) is 4.74. The van der Waals surface area contributed by atoms with Gasteiger partial charge in [-0.1, -0.05) is 0 Å². The SMILES string of the molecule is Cn1cnnc1CCNC(=O)NC(C)(C)C. The molecule has 0 aliphatic carbocycles. The number of carbonyl (C=O) groups is 1. The first-order valence-electron chi connectivity index (χ1n) is 5.27. The lowest BCUT2D eigenvalue weighted by atomic mass is 10.1. The third kappa shape index (κ3) is 4.29. The average molecular weight is 225 g/mol. The van der Waals surface area contributed by atoms with Gasteiger partial charge >= 0.3 is 6.03 Å². The second kappa shape index (κ2) is 4.96. The van der Waals surface area contributed by atoms with Crippen molar-refractivity contribution < 1.29 is 4.79 Å². The Morgan fingerprint density at radius 2 is 2.19 bits per heavy atom. The molecule has 1 aromatic rings. The molecule has 0 saturated heterocycles. The first-order chi connectivity index (χ1) is 7.38. The van der Waals surface area contributed by atoms with Crippen molar-refractivity contribution in [3.63, 3.8) is 0 Å². The summed E-state index contributed by atoms with van der Waals surface area (Å²) in [5.74, 6) is 0.857. The molecule has 0 aromatic carbocycles. The highest BCUT2D eigenvalue weighted by Gasteiger charge is 2.12. The molecule has 0 aliphatic rings. The van der Waals surface area contributed by atoms with Crippen molar-refractivity contribution in [1.29, 1.82) is 0 Å². The van der Waals surface area contributed by atoms with Crippen LogP contribution in [0.4, 0.5) is 4.79 Å². The number of amides is 2. The highest BCUT2D eigenvalue weighted by Crippen LogP contribution is 1.97. The number of hydrogen-bond donors (Lipinski definition) is 2. The molecule has 2 N–H and O–H groups in total. The van der Waals surface area contributed by atoms with E-state index in [4.69, 9.17) is 0 Å². The molecule has 0 radical (unpaired) electrons. The molecule has 16 heavy (non-hydrogen) atoms. The van der Waals surface area contributed by atoms with E-state index in [9.17, 15) is 4.79 Å². The van der Waals surface area contributed by atoms with E-state index < -0.39 is 0 Å². The predicted molar refractivity (Wildman–Crippen MR) is 61.0 cm³/mol. The molecule has 6 heteroatoms. The maximum atomic E-state index is 11.4. The van der Waals surface area contributed by atoms with Crippen molar-refractivity contribution in [2.24, 2.45) is 7.05 Å². The molecule has 0 spiro atoms. The highest BCUT2D eigenvalue weighted by molar-refractivity contribution is 5.74. The van der Waals surface area contributed by atoms with Crippen LogP contribution >= 0.6 is 0 Å². The average Bonchev–Trinajstić information content (AvgIpc) is 2.48. The van der Waals surface area contributed by atoms with E-state index in [2.05, 4.69) is 20.8 Å². The van der Waals surface area contributed by atoms with Crippen molar-refractivity contribution >= 4 is 6.03 Å². The van der Waals surface area contributed by atoms with Crippen LogP contribution in [0.2, 0.25) is 0 Å². The Labute approximate surface area is 95.4 Å². The Hall–Kier alpha value is -1.59. The van der Waals surface area contributed by atoms with Gasteiger partial charge in [-0.15, -0.1) is 10.2 Å². The number of urea groups is 1. The van der Waals surface area contributed by atoms with Gasteiger partial charge in [-0.2, -0.15) is 0 Å². The van der Waals surface area contributed by atoms with Crippen molar-refractivity contribution in [3.8, 4) is 0 Å². The van der Waals surface area contributed by atoms with Gasteiger partial charge in [-0.3, -0.25) is 0 Å². The van der Waals surface area contributed by atoms with Gasteiger partial charge in [0.2, 0.25) is 0 Å². The maximum absolute atomic E-state index is 11.4. The normalized spacial score (nSPS) is 11.2. The molecule has 0 atom stereocenters. The zero-order valence-corrected chi connectivity index (χ0v) is 10.2. The van der Waals surface area contributed by atoms with Crippen LogP contribution in [0.1, 0.15) is 26.6 Å². The van der Waals surface area contributed by atoms with Gasteiger partial charge in [0.05, 0.1) is 0 Å². The molecule has 0 unspecified atom stereocenters. The van der Waals surface area contributed by atoms with Gasteiger partial charge in [-0.25, -0.2) is 4.79 Å². The first-order valence-corrected chi connectivity index (χ1v) is 5.27. The van der Waals surface area contributed by atoms with E-state index in [0.717, 1.165) is 5.82 Å². The first kappa shape index (κ1) is 12.5. The highest BCUT2D eigenvalue weighted by atomic mass is 16.2. The van der Waals surface area contributed by atoms with Crippen molar-refractivity contribution in [1.82, 2.24) is 25.4 Å². The fourth-order valence-electron chi connectivity index (χ4n) is 1.21. The summed E-state index contributed by atoms with van der Waals surface area (Å²) >= 11 is 0. The van der Waals surface area contributed by atoms with Crippen LogP contribution in [0.5, 0.6) is 0 Å². The zero-order chi connectivity index (χ0) is 12.2. The van der Waals surface area contributed by atoms with E-state index >= 15 is 0 Å². The van der Waals surface area contributed by atoms with Crippen LogP contribution in [0.15, 0.2) is 6.33 Å². The number of carbonyl (C=O) groups excluding carboxylic acids is 1. The Morgan fingerprint density at radius 3 is 2.69 bits per heavy atom. The number of rotatable bonds is 3. The number of nitrogens with one attached hydrogen (secondary N) is 2. The zero-order valence-electron chi connectivity index (χ0n) is 10.2. The molecule has 2 amide bonds. The number of nitrogens with zero attached hydrogens (tertiary/aromatic N) is 3. The largest absolute Gasteiger partial charge is 0.338 e. The Morgan fingerprint density at radius 1 is 1.50 bits per heavy atom. The van der Waals surface area contributed by atoms with Crippen LogP contribution < -0.4 is 10.6 Å². The summed E-state index contributed by atoms with van der Waals surface area (Å²) in [6.45, 7) is 6.37. The van der Waals surface area contributed by atoms with E-state index in [0.29, 0.717) is 13.0 Å². The fraction of sp³-hybridized carbons (Fsp3) is 0.700. The third-order valence-corrected chi connectivity index (χ3v) is 1.93. The number of aromatic nitrogens is 3. The van der Waals surface area contributed by atoms with Crippen LogP contribution in [-0.4, -0.2) is 32.9 Å². The van der Waals surface area contributed by atoms with E-state index in [1.54, 1.807) is 6.33 Å². The Bertz CT molecular complexity index is 352. The summed E-state index contributed by atoms with van der Waals surface area (Å²) in [6, 6.07) is -0.158. The number of hydrogen-bond acceptors (Lipinski definition) is 3. The van der Waals surface area contributed by atoms with E-state index in [1.807, 2.05) is 32.4 Å². The second-order valence-corrected chi connectivity index (χ2v) is 4.74. The standard InChI is InChI=1S/C10H19N5O/c1-10(2,3)13-9(16)11-6-5-8-14-12-7-15(8)4/h7H,5-6H2,1-4H3,(H2,11,13,16). The molecule has 0 aliphatic heterocycles. The predicted octanol–water partition coefficient (Wildman–Crippen LogP) is 0.455. The molecule has 6 nitrogen and oxygen atoms in total. The van der Waals surface area contributed by atoms with Crippen LogP contribution in [0, 0.1) is 0 Å². The van der Waals surface area contributed by atoms with Crippen LogP contribution in [-0.2, 0) is 13.5 Å². The van der Waals surface area contributed by atoms with Gasteiger partial charge in [0.15, 0.2) is 0 Å². The van der Waals surface area contributed by atoms with Crippen LogP contribution in [0.25, 0.3) is 0 Å². The monoisotopic (exact) mass is 225 g/mol. The van der Waals surface area contributed by atoms with E-state index in [-0.39, 0.29) is 11.6 Å².